The van der Waals surface area contributed by atoms with Crippen LogP contribution in [0.25, 0.3) is 0 Å². The molecule has 1 fully saturated rings. The molecular formula is C16H23N3O3. The van der Waals surface area contributed by atoms with E-state index in [9.17, 15) is 9.59 Å². The van der Waals surface area contributed by atoms with Crippen molar-refractivity contribution in [2.45, 2.75) is 26.2 Å². The van der Waals surface area contributed by atoms with Gasteiger partial charge in [-0.05, 0) is 31.9 Å². The van der Waals surface area contributed by atoms with Gasteiger partial charge in [-0.3, -0.25) is 4.79 Å². The molecule has 6 nitrogen and oxygen atoms in total. The molecule has 0 aliphatic carbocycles. The van der Waals surface area contributed by atoms with Crippen molar-refractivity contribution in [1.29, 1.82) is 0 Å². The topological polar surface area (TPSA) is 70.7 Å². The lowest BCUT2D eigenvalue weighted by atomic mass is 10.2. The molecule has 0 radical (unpaired) electrons. The molecule has 1 saturated heterocycles. The third kappa shape index (κ3) is 4.65. The van der Waals surface area contributed by atoms with Crippen molar-refractivity contribution in [3.05, 3.63) is 24.3 Å². The number of carbonyl (C=O) groups is 2. The van der Waals surface area contributed by atoms with Gasteiger partial charge in [-0.2, -0.15) is 0 Å². The number of benzene rings is 1. The van der Waals surface area contributed by atoms with Crippen LogP contribution in [-0.4, -0.2) is 38.2 Å². The van der Waals surface area contributed by atoms with Crippen molar-refractivity contribution >= 4 is 23.4 Å². The maximum Gasteiger partial charge on any atom is 0.407 e. The van der Waals surface area contributed by atoms with Crippen molar-refractivity contribution in [2.75, 3.05) is 36.5 Å². The Kier molecular flexibility index (Phi) is 6.06. The molecule has 2 N–H and O–H groups in total. The zero-order valence-corrected chi connectivity index (χ0v) is 12.9. The Morgan fingerprint density at radius 2 is 1.95 bits per heavy atom. The van der Waals surface area contributed by atoms with E-state index in [1.807, 2.05) is 24.3 Å². The highest BCUT2D eigenvalue weighted by molar-refractivity contribution is 5.94. The van der Waals surface area contributed by atoms with E-state index in [4.69, 9.17) is 4.74 Å². The second-order valence-electron chi connectivity index (χ2n) is 5.16. The van der Waals surface area contributed by atoms with Crippen molar-refractivity contribution in [3.63, 3.8) is 0 Å². The molecule has 0 aromatic heterocycles. The van der Waals surface area contributed by atoms with Crippen LogP contribution < -0.4 is 15.5 Å². The molecule has 2 amide bonds. The molecule has 22 heavy (non-hydrogen) atoms. The number of hydrogen-bond acceptors (Lipinski definition) is 4. The normalized spacial score (nSPS) is 13.8. The Morgan fingerprint density at radius 1 is 1.23 bits per heavy atom. The minimum absolute atomic E-state index is 0.122. The molecule has 0 unspecified atom stereocenters. The average Bonchev–Trinajstić information content (AvgIpc) is 3.02. The number of ether oxygens (including phenoxy) is 1. The number of hydrogen-bond donors (Lipinski definition) is 2. The van der Waals surface area contributed by atoms with E-state index in [0.29, 0.717) is 6.61 Å². The van der Waals surface area contributed by atoms with Gasteiger partial charge < -0.3 is 20.3 Å². The summed E-state index contributed by atoms with van der Waals surface area (Å²) in [5, 5.41) is 5.46. The second-order valence-corrected chi connectivity index (χ2v) is 5.16. The minimum atomic E-state index is -0.493. The summed E-state index contributed by atoms with van der Waals surface area (Å²) in [6.07, 6.45) is 2.10. The van der Waals surface area contributed by atoms with E-state index in [1.54, 1.807) is 6.92 Å². The summed E-state index contributed by atoms with van der Waals surface area (Å²) < 4.78 is 4.74. The first-order valence-electron chi connectivity index (χ1n) is 7.75. The van der Waals surface area contributed by atoms with Crippen LogP contribution in [0.3, 0.4) is 0 Å². The highest BCUT2D eigenvalue weighted by atomic mass is 16.5. The molecule has 0 spiro atoms. The zero-order valence-electron chi connectivity index (χ0n) is 12.9. The smallest absolute Gasteiger partial charge is 0.407 e. The lowest BCUT2D eigenvalue weighted by molar-refractivity contribution is -0.116. The summed E-state index contributed by atoms with van der Waals surface area (Å²) in [5.74, 6) is -0.122. The molecule has 0 atom stereocenters. The fourth-order valence-electron chi connectivity index (χ4n) is 2.49. The van der Waals surface area contributed by atoms with Crippen LogP contribution in [0.2, 0.25) is 0 Å². The summed E-state index contributed by atoms with van der Waals surface area (Å²) >= 11 is 0. The Hall–Kier alpha value is -2.24. The van der Waals surface area contributed by atoms with Gasteiger partial charge in [-0.1, -0.05) is 12.1 Å². The summed E-state index contributed by atoms with van der Waals surface area (Å²) in [5.41, 5.74) is 1.89. The van der Waals surface area contributed by atoms with Gasteiger partial charge in [0, 0.05) is 26.1 Å². The van der Waals surface area contributed by atoms with Crippen LogP contribution in [0.1, 0.15) is 26.2 Å². The van der Waals surface area contributed by atoms with Gasteiger partial charge in [0.2, 0.25) is 5.91 Å². The van der Waals surface area contributed by atoms with Crippen LogP contribution in [0.5, 0.6) is 0 Å². The van der Waals surface area contributed by atoms with Crippen molar-refractivity contribution < 1.29 is 14.3 Å². The van der Waals surface area contributed by atoms with Crippen LogP contribution in [0.4, 0.5) is 16.2 Å². The van der Waals surface area contributed by atoms with Gasteiger partial charge in [0.25, 0.3) is 0 Å². The number of para-hydroxylation sites is 2. The Labute approximate surface area is 130 Å². The first kappa shape index (κ1) is 16.1. The molecule has 6 heteroatoms. The summed E-state index contributed by atoms with van der Waals surface area (Å²) in [6.45, 7) is 4.37. The maximum absolute atomic E-state index is 12.0. The number of carbonyl (C=O) groups excluding carboxylic acids is 2. The summed E-state index contributed by atoms with van der Waals surface area (Å²) in [4.78, 5) is 25.4. The molecule has 1 aromatic rings. The molecular weight excluding hydrogens is 282 g/mol. The monoisotopic (exact) mass is 305 g/mol. The van der Waals surface area contributed by atoms with Crippen LogP contribution in [0, 0.1) is 0 Å². The number of anilines is 2. The third-order valence-corrected chi connectivity index (χ3v) is 3.52. The number of nitrogens with one attached hydrogen (secondary N) is 2. The molecule has 0 bridgehead atoms. The summed E-state index contributed by atoms with van der Waals surface area (Å²) in [6, 6.07) is 7.82. The zero-order chi connectivity index (χ0) is 15.8. The third-order valence-electron chi connectivity index (χ3n) is 3.52. The lowest BCUT2D eigenvalue weighted by Gasteiger charge is -2.21. The number of nitrogens with zero attached hydrogens (tertiary/aromatic N) is 1. The van der Waals surface area contributed by atoms with Crippen LogP contribution >= 0.6 is 0 Å². The number of rotatable bonds is 6. The first-order valence-corrected chi connectivity index (χ1v) is 7.75. The highest BCUT2D eigenvalue weighted by Gasteiger charge is 2.16. The van der Waals surface area contributed by atoms with Crippen molar-refractivity contribution in [2.24, 2.45) is 0 Å². The SMILES string of the molecule is CCOC(=O)NCCC(=O)Nc1ccccc1N1CCCC1. The van der Waals surface area contributed by atoms with Gasteiger partial charge in [0.05, 0.1) is 18.0 Å². The van der Waals surface area contributed by atoms with E-state index >= 15 is 0 Å². The van der Waals surface area contributed by atoms with Gasteiger partial charge in [-0.15, -0.1) is 0 Å². The molecule has 1 heterocycles. The Balaban J connectivity index is 1.85. The van der Waals surface area contributed by atoms with Crippen molar-refractivity contribution in [3.8, 4) is 0 Å². The maximum atomic E-state index is 12.0. The predicted octanol–water partition coefficient (Wildman–Crippen LogP) is 2.36. The predicted molar refractivity (Wildman–Crippen MR) is 86.2 cm³/mol. The average molecular weight is 305 g/mol. The molecule has 1 aliphatic rings. The first-order chi connectivity index (χ1) is 10.7. The van der Waals surface area contributed by atoms with E-state index < -0.39 is 6.09 Å². The van der Waals surface area contributed by atoms with Crippen LogP contribution in [0.15, 0.2) is 24.3 Å². The quantitative estimate of drug-likeness (QED) is 0.846. The van der Waals surface area contributed by atoms with E-state index in [-0.39, 0.29) is 18.9 Å². The lowest BCUT2D eigenvalue weighted by Crippen LogP contribution is -2.28. The molecule has 2 rings (SSSR count). The molecule has 1 aliphatic heterocycles. The van der Waals surface area contributed by atoms with Gasteiger partial charge in [0.15, 0.2) is 0 Å². The summed E-state index contributed by atoms with van der Waals surface area (Å²) in [7, 11) is 0. The fraction of sp³-hybridized carbons (Fsp3) is 0.500. The number of alkyl carbamates (subject to hydrolysis) is 1. The van der Waals surface area contributed by atoms with E-state index in [0.717, 1.165) is 24.5 Å². The number of amides is 2. The minimum Gasteiger partial charge on any atom is -0.450 e. The second kappa shape index (κ2) is 8.26. The van der Waals surface area contributed by atoms with Gasteiger partial charge in [0.1, 0.15) is 0 Å². The molecule has 1 aromatic carbocycles. The van der Waals surface area contributed by atoms with Gasteiger partial charge >= 0.3 is 6.09 Å². The highest BCUT2D eigenvalue weighted by Crippen LogP contribution is 2.28. The largest absolute Gasteiger partial charge is 0.450 e. The fourth-order valence-corrected chi connectivity index (χ4v) is 2.49. The van der Waals surface area contributed by atoms with E-state index in [1.165, 1.54) is 12.8 Å². The van der Waals surface area contributed by atoms with Crippen LogP contribution in [-0.2, 0) is 9.53 Å². The molecule has 120 valence electrons. The Morgan fingerprint density at radius 3 is 2.68 bits per heavy atom. The molecule has 0 saturated carbocycles. The van der Waals surface area contributed by atoms with E-state index in [2.05, 4.69) is 15.5 Å². The van der Waals surface area contributed by atoms with Gasteiger partial charge in [-0.25, -0.2) is 4.79 Å². The Bertz CT molecular complexity index is 513. The van der Waals surface area contributed by atoms with Crippen molar-refractivity contribution in [1.82, 2.24) is 5.32 Å². The standard InChI is InChI=1S/C16H23N3O3/c1-2-22-16(21)17-10-9-15(20)18-13-7-3-4-8-14(13)19-11-5-6-12-19/h3-4,7-8H,2,5-6,9-12H2,1H3,(H,17,21)(H,18,20).